The first kappa shape index (κ1) is 11.2. The normalized spacial score (nSPS) is 46.1. The molecule has 1 aromatic carbocycles. The van der Waals surface area contributed by atoms with E-state index < -0.39 is 17.4 Å². The van der Waals surface area contributed by atoms with Crippen molar-refractivity contribution in [3.05, 3.63) is 29.3 Å². The lowest BCUT2D eigenvalue weighted by Gasteiger charge is -2.52. The van der Waals surface area contributed by atoms with Crippen molar-refractivity contribution in [1.82, 2.24) is 0 Å². The van der Waals surface area contributed by atoms with E-state index in [-0.39, 0.29) is 30.2 Å². The zero-order chi connectivity index (χ0) is 19.8. The Bertz CT molecular complexity index is 846. The summed E-state index contributed by atoms with van der Waals surface area (Å²) in [4.78, 5) is 0. The summed E-state index contributed by atoms with van der Waals surface area (Å²) >= 11 is 0. The van der Waals surface area contributed by atoms with E-state index in [2.05, 4.69) is 5.92 Å². The molecule has 5 atom stereocenters. The van der Waals surface area contributed by atoms with E-state index in [1.165, 1.54) is 7.11 Å². The van der Waals surface area contributed by atoms with Crippen molar-refractivity contribution in [2.45, 2.75) is 56.9 Å². The standard InChI is InChI=1S/C21H26O2/c1-4-21(22)12-10-19-18-7-5-14-13-15(23-3)6-8-16(14)17(18)9-11-20(19,21)2/h1,6,8,13,17-19,22H,5,7,9-12H2,2-3H3/t17-,18-,19+,20+,21+/m1/s1/i6D,12D2,13D. The fraction of sp³-hybridized carbons (Fsp3) is 0.619. The lowest BCUT2D eigenvalue weighted by molar-refractivity contribution is -0.0646. The number of rotatable bonds is 1. The molecule has 0 amide bonds. The first-order valence-electron chi connectivity index (χ1n) is 10.5. The minimum atomic E-state index is -1.81. The van der Waals surface area contributed by atoms with Gasteiger partial charge in [-0.15, -0.1) is 6.42 Å². The maximum Gasteiger partial charge on any atom is 0.130 e. The van der Waals surface area contributed by atoms with E-state index in [0.717, 1.165) is 30.4 Å². The highest BCUT2D eigenvalue weighted by Crippen LogP contribution is 2.64. The fourth-order valence-electron chi connectivity index (χ4n) is 5.33. The van der Waals surface area contributed by atoms with Crippen molar-refractivity contribution in [2.75, 3.05) is 7.11 Å². The van der Waals surface area contributed by atoms with Crippen LogP contribution >= 0.6 is 0 Å². The number of fused-ring (bicyclic) bond motifs is 5. The Morgan fingerprint density at radius 1 is 1.48 bits per heavy atom. The van der Waals surface area contributed by atoms with E-state index in [1.807, 2.05) is 13.0 Å². The largest absolute Gasteiger partial charge is 0.497 e. The van der Waals surface area contributed by atoms with Gasteiger partial charge in [0.15, 0.2) is 0 Å². The highest BCUT2D eigenvalue weighted by molar-refractivity contribution is 5.41. The average Bonchev–Trinajstić information content (AvgIpc) is 2.79. The average molecular weight is 314 g/mol. The van der Waals surface area contributed by atoms with Crippen molar-refractivity contribution < 1.29 is 15.3 Å². The van der Waals surface area contributed by atoms with Crippen LogP contribution in [0.15, 0.2) is 18.2 Å². The highest BCUT2D eigenvalue weighted by atomic mass is 16.5. The van der Waals surface area contributed by atoms with E-state index in [9.17, 15) is 5.11 Å². The van der Waals surface area contributed by atoms with Crippen molar-refractivity contribution in [1.29, 1.82) is 0 Å². The molecule has 3 aliphatic carbocycles. The molecule has 0 unspecified atom stereocenters. The predicted molar refractivity (Wildman–Crippen MR) is 91.4 cm³/mol. The van der Waals surface area contributed by atoms with Crippen LogP contribution in [0.5, 0.6) is 5.75 Å². The van der Waals surface area contributed by atoms with Gasteiger partial charge in [-0.3, -0.25) is 0 Å². The van der Waals surface area contributed by atoms with Gasteiger partial charge in [-0.05, 0) is 79.4 Å². The molecule has 0 bridgehead atoms. The second-order valence-electron chi connectivity index (χ2n) is 7.49. The molecular formula is C21H26O2. The van der Waals surface area contributed by atoms with Crippen molar-refractivity contribution in [3.8, 4) is 18.1 Å². The van der Waals surface area contributed by atoms with Crippen LogP contribution in [0.1, 0.15) is 61.5 Å². The van der Waals surface area contributed by atoms with Crippen LogP contribution in [0, 0.1) is 29.6 Å². The van der Waals surface area contributed by atoms with Gasteiger partial charge < -0.3 is 9.84 Å². The van der Waals surface area contributed by atoms with Crippen LogP contribution in [-0.4, -0.2) is 17.8 Å². The molecule has 1 aromatic rings. The first-order valence-corrected chi connectivity index (χ1v) is 8.48. The summed E-state index contributed by atoms with van der Waals surface area (Å²) in [7, 11) is 1.50. The number of ether oxygens (including phenoxy) is 1. The molecule has 0 heterocycles. The molecule has 2 heteroatoms. The fourth-order valence-corrected chi connectivity index (χ4v) is 5.33. The molecule has 2 nitrogen and oxygen atoms in total. The Morgan fingerprint density at radius 3 is 3.04 bits per heavy atom. The second kappa shape index (κ2) is 5.02. The van der Waals surface area contributed by atoms with Crippen LogP contribution in [-0.2, 0) is 6.42 Å². The van der Waals surface area contributed by atoms with Gasteiger partial charge in [0.05, 0.1) is 9.85 Å². The lowest BCUT2D eigenvalue weighted by atomic mass is 9.53. The minimum absolute atomic E-state index is 0.00841. The Balaban J connectivity index is 1.79. The molecule has 122 valence electrons. The zero-order valence-corrected chi connectivity index (χ0v) is 13.8. The van der Waals surface area contributed by atoms with Gasteiger partial charge in [-0.25, -0.2) is 0 Å². The first-order chi connectivity index (χ1) is 12.6. The topological polar surface area (TPSA) is 29.5 Å². The Kier molecular flexibility index (Phi) is 2.43. The van der Waals surface area contributed by atoms with Crippen LogP contribution < -0.4 is 4.74 Å². The Labute approximate surface area is 144 Å². The summed E-state index contributed by atoms with van der Waals surface area (Å²) in [5.74, 6) is 3.13. The molecule has 0 aromatic heterocycles. The van der Waals surface area contributed by atoms with Gasteiger partial charge in [-0.1, -0.05) is 18.9 Å². The van der Waals surface area contributed by atoms with Gasteiger partial charge in [-0.2, -0.15) is 0 Å². The molecule has 3 aliphatic rings. The molecule has 2 saturated carbocycles. The Morgan fingerprint density at radius 2 is 2.30 bits per heavy atom. The summed E-state index contributed by atoms with van der Waals surface area (Å²) in [6.45, 7) is 1.95. The maximum atomic E-state index is 11.1. The van der Waals surface area contributed by atoms with Crippen LogP contribution in [0.2, 0.25) is 0 Å². The van der Waals surface area contributed by atoms with Crippen LogP contribution in [0.25, 0.3) is 0 Å². The molecule has 2 fully saturated rings. The van der Waals surface area contributed by atoms with Crippen LogP contribution in [0.3, 0.4) is 0 Å². The zero-order valence-electron chi connectivity index (χ0n) is 17.8. The van der Waals surface area contributed by atoms with Crippen molar-refractivity contribution in [3.63, 3.8) is 0 Å². The van der Waals surface area contributed by atoms with Gasteiger partial charge in [0.2, 0.25) is 0 Å². The number of hydrogen-bond donors (Lipinski definition) is 1. The Hall–Kier alpha value is -1.46. The predicted octanol–water partition coefficient (Wildman–Crippen LogP) is 3.92. The summed E-state index contributed by atoms with van der Waals surface area (Å²) in [5, 5.41) is 11.1. The number of terminal acetylenes is 1. The third kappa shape index (κ3) is 1.93. The second-order valence-corrected chi connectivity index (χ2v) is 7.49. The van der Waals surface area contributed by atoms with E-state index in [4.69, 9.17) is 16.6 Å². The molecule has 4 rings (SSSR count). The minimum Gasteiger partial charge on any atom is -0.497 e. The molecule has 0 aliphatic heterocycles. The number of aliphatic hydroxyl groups is 1. The summed E-state index contributed by atoms with van der Waals surface area (Å²) in [6.07, 6.45) is 7.10. The maximum absolute atomic E-state index is 11.1. The lowest BCUT2D eigenvalue weighted by Crippen LogP contribution is -2.50. The molecule has 1 N–H and O–H groups in total. The van der Waals surface area contributed by atoms with Crippen molar-refractivity contribution in [2.24, 2.45) is 17.3 Å². The van der Waals surface area contributed by atoms with Crippen LogP contribution in [0.4, 0.5) is 0 Å². The number of benzene rings is 1. The van der Waals surface area contributed by atoms with E-state index in [1.54, 1.807) is 0 Å². The molecular weight excluding hydrogens is 284 g/mol. The van der Waals surface area contributed by atoms with E-state index in [0.29, 0.717) is 18.2 Å². The monoisotopic (exact) mass is 314 g/mol. The third-order valence-corrected chi connectivity index (χ3v) is 6.74. The summed E-state index contributed by atoms with van der Waals surface area (Å²) in [5.41, 5.74) is -0.400. The quantitative estimate of drug-likeness (QED) is 0.796. The van der Waals surface area contributed by atoms with Gasteiger partial charge in [0.1, 0.15) is 11.4 Å². The summed E-state index contributed by atoms with van der Waals surface area (Å²) < 4.78 is 38.8. The highest BCUT2D eigenvalue weighted by Gasteiger charge is 2.61. The molecule has 23 heavy (non-hydrogen) atoms. The van der Waals surface area contributed by atoms with Crippen molar-refractivity contribution >= 4 is 0 Å². The van der Waals surface area contributed by atoms with E-state index >= 15 is 0 Å². The molecule has 0 saturated heterocycles. The number of hydrogen-bond acceptors (Lipinski definition) is 2. The van der Waals surface area contributed by atoms with Gasteiger partial charge in [0.25, 0.3) is 0 Å². The van der Waals surface area contributed by atoms with Gasteiger partial charge in [0, 0.05) is 8.16 Å². The molecule has 0 radical (unpaired) electrons. The third-order valence-electron chi connectivity index (χ3n) is 6.74. The SMILES string of the molecule is [2H]c1cc2c(c([2H])c1OC)CC[C@@H]1[C@@H]2CC[C@@]2(C)[C@H]1CC([2H])([2H])[C@@]2(O)C#C. The number of methoxy groups -OCH3 is 1. The molecule has 0 spiro atoms. The smallest absolute Gasteiger partial charge is 0.130 e. The summed E-state index contributed by atoms with van der Waals surface area (Å²) in [6, 6.07) is 2.38. The van der Waals surface area contributed by atoms with Gasteiger partial charge >= 0.3 is 0 Å².